The average Bonchev–Trinajstić information content (AvgIpc) is 2.19. The predicted octanol–water partition coefficient (Wildman–Crippen LogP) is 1.80. The third-order valence-corrected chi connectivity index (χ3v) is 3.18. The first-order chi connectivity index (χ1) is 6.74. The minimum Gasteiger partial charge on any atom is -0.508 e. The summed E-state index contributed by atoms with van der Waals surface area (Å²) in [6.07, 6.45) is 1.08. The lowest BCUT2D eigenvalue weighted by Crippen LogP contribution is -1.97. The Labute approximate surface area is 85.5 Å². The molecule has 1 aromatic rings. The van der Waals surface area contributed by atoms with Crippen molar-refractivity contribution in [3.63, 3.8) is 0 Å². The van der Waals surface area contributed by atoms with Gasteiger partial charge in [0.25, 0.3) is 0 Å². The first kappa shape index (κ1) is 10.7. The molecule has 1 unspecified atom stereocenters. The summed E-state index contributed by atoms with van der Waals surface area (Å²) in [6.45, 7) is 0. The van der Waals surface area contributed by atoms with Crippen LogP contribution in [0.5, 0.6) is 5.75 Å². The fourth-order valence-electron chi connectivity index (χ4n) is 0.998. The van der Waals surface area contributed by atoms with E-state index in [2.05, 4.69) is 0 Å². The van der Waals surface area contributed by atoms with E-state index in [4.69, 9.17) is 10.4 Å². The number of nitrogens with zero attached hydrogens (tertiary/aromatic N) is 1. The zero-order valence-electron chi connectivity index (χ0n) is 7.64. The van der Waals surface area contributed by atoms with Crippen LogP contribution in [0.25, 0.3) is 0 Å². The Morgan fingerprint density at radius 3 is 2.57 bits per heavy atom. The molecule has 14 heavy (non-hydrogen) atoms. The average molecular weight is 209 g/mol. The third kappa shape index (κ3) is 3.19. The fourth-order valence-corrected chi connectivity index (χ4v) is 2.08. The van der Waals surface area contributed by atoms with Gasteiger partial charge in [0.05, 0.1) is 16.9 Å². The van der Waals surface area contributed by atoms with Crippen molar-refractivity contribution in [3.05, 3.63) is 24.3 Å². The lowest BCUT2D eigenvalue weighted by Gasteiger charge is -2.00. The molecule has 0 heterocycles. The first-order valence-electron chi connectivity index (χ1n) is 4.28. The van der Waals surface area contributed by atoms with E-state index in [1.807, 2.05) is 6.07 Å². The minimum absolute atomic E-state index is 0.169. The number of hydrogen-bond donors (Lipinski definition) is 1. The van der Waals surface area contributed by atoms with Crippen molar-refractivity contribution < 1.29 is 9.32 Å². The minimum atomic E-state index is -1.06. The van der Waals surface area contributed by atoms with Gasteiger partial charge in [0.2, 0.25) is 0 Å². The monoisotopic (exact) mass is 209 g/mol. The van der Waals surface area contributed by atoms with E-state index >= 15 is 0 Å². The van der Waals surface area contributed by atoms with Crippen LogP contribution in [-0.4, -0.2) is 15.1 Å². The number of hydrogen-bond acceptors (Lipinski definition) is 3. The lowest BCUT2D eigenvalue weighted by atomic mass is 10.3. The topological polar surface area (TPSA) is 61.1 Å². The van der Waals surface area contributed by atoms with E-state index in [1.54, 1.807) is 12.1 Å². The van der Waals surface area contributed by atoms with Crippen molar-refractivity contribution in [1.29, 1.82) is 5.26 Å². The highest BCUT2D eigenvalue weighted by Crippen LogP contribution is 2.13. The second-order valence-electron chi connectivity index (χ2n) is 2.81. The Hall–Kier alpha value is -1.34. The Balaban J connectivity index is 2.53. The maximum Gasteiger partial charge on any atom is 0.115 e. The molecule has 0 amide bonds. The van der Waals surface area contributed by atoms with Crippen LogP contribution in [0.2, 0.25) is 0 Å². The number of phenolic OH excluding ortho intramolecular Hbond substituents is 1. The van der Waals surface area contributed by atoms with Gasteiger partial charge in [-0.15, -0.1) is 0 Å². The van der Waals surface area contributed by atoms with E-state index in [0.717, 1.165) is 0 Å². The van der Waals surface area contributed by atoms with Crippen LogP contribution >= 0.6 is 0 Å². The highest BCUT2D eigenvalue weighted by molar-refractivity contribution is 7.85. The van der Waals surface area contributed by atoms with Gasteiger partial charge in [0.1, 0.15) is 5.75 Å². The summed E-state index contributed by atoms with van der Waals surface area (Å²) in [5, 5.41) is 17.3. The van der Waals surface area contributed by atoms with Crippen molar-refractivity contribution in [2.24, 2.45) is 0 Å². The van der Waals surface area contributed by atoms with Crippen molar-refractivity contribution in [2.45, 2.75) is 17.7 Å². The molecule has 1 aromatic carbocycles. The third-order valence-electron chi connectivity index (χ3n) is 1.72. The molecule has 0 spiro atoms. The van der Waals surface area contributed by atoms with Crippen LogP contribution < -0.4 is 0 Å². The van der Waals surface area contributed by atoms with Crippen molar-refractivity contribution in [2.75, 3.05) is 5.75 Å². The summed E-state index contributed by atoms with van der Waals surface area (Å²) >= 11 is 0. The van der Waals surface area contributed by atoms with Crippen LogP contribution in [0.1, 0.15) is 12.8 Å². The number of benzene rings is 1. The van der Waals surface area contributed by atoms with Gasteiger partial charge in [0, 0.05) is 17.1 Å². The van der Waals surface area contributed by atoms with Gasteiger partial charge < -0.3 is 5.11 Å². The zero-order valence-corrected chi connectivity index (χ0v) is 8.46. The Morgan fingerprint density at radius 1 is 1.36 bits per heavy atom. The lowest BCUT2D eigenvalue weighted by molar-refractivity contribution is 0.475. The normalized spacial score (nSPS) is 11.9. The summed E-state index contributed by atoms with van der Waals surface area (Å²) in [6, 6.07) is 8.31. The standard InChI is InChI=1S/C10H11NO2S/c11-7-1-2-8-14(13)10-5-3-9(12)4-6-10/h3-6,12H,1-2,8H2. The van der Waals surface area contributed by atoms with Crippen LogP contribution in [0.15, 0.2) is 29.2 Å². The number of unbranched alkanes of at least 4 members (excludes halogenated alkanes) is 1. The SMILES string of the molecule is N#CCCCS(=O)c1ccc(O)cc1. The Bertz CT molecular complexity index is 353. The fraction of sp³-hybridized carbons (Fsp3) is 0.300. The molecule has 0 saturated heterocycles. The van der Waals surface area contributed by atoms with Crippen LogP contribution in [-0.2, 0) is 10.8 Å². The molecule has 0 aliphatic heterocycles. The molecular weight excluding hydrogens is 198 g/mol. The molecule has 0 aliphatic rings. The maximum atomic E-state index is 11.6. The van der Waals surface area contributed by atoms with E-state index in [9.17, 15) is 4.21 Å². The summed E-state index contributed by atoms with van der Waals surface area (Å²) in [5.41, 5.74) is 0. The highest BCUT2D eigenvalue weighted by Gasteiger charge is 2.02. The van der Waals surface area contributed by atoms with Crippen LogP contribution in [0, 0.1) is 11.3 Å². The van der Waals surface area contributed by atoms with E-state index in [0.29, 0.717) is 23.5 Å². The molecule has 3 nitrogen and oxygen atoms in total. The summed E-state index contributed by atoms with van der Waals surface area (Å²) in [7, 11) is -1.06. The van der Waals surface area contributed by atoms with E-state index in [1.165, 1.54) is 12.1 Å². The second-order valence-corrected chi connectivity index (χ2v) is 4.38. The second kappa shape index (κ2) is 5.40. The molecule has 0 aromatic heterocycles. The van der Waals surface area contributed by atoms with Crippen LogP contribution in [0.3, 0.4) is 0 Å². The van der Waals surface area contributed by atoms with Crippen molar-refractivity contribution in [3.8, 4) is 11.8 Å². The molecule has 74 valence electrons. The van der Waals surface area contributed by atoms with Gasteiger partial charge >= 0.3 is 0 Å². The predicted molar refractivity (Wildman–Crippen MR) is 54.2 cm³/mol. The molecule has 0 aliphatic carbocycles. The smallest absolute Gasteiger partial charge is 0.115 e. The first-order valence-corrected chi connectivity index (χ1v) is 5.60. The van der Waals surface area contributed by atoms with Gasteiger partial charge in [-0.1, -0.05) is 0 Å². The zero-order chi connectivity index (χ0) is 10.4. The van der Waals surface area contributed by atoms with Crippen molar-refractivity contribution in [1.82, 2.24) is 0 Å². The van der Waals surface area contributed by atoms with E-state index in [-0.39, 0.29) is 5.75 Å². The van der Waals surface area contributed by atoms with Gasteiger partial charge in [-0.2, -0.15) is 5.26 Å². The van der Waals surface area contributed by atoms with Gasteiger partial charge in [-0.25, -0.2) is 0 Å². The molecule has 0 radical (unpaired) electrons. The molecule has 1 atom stereocenters. The van der Waals surface area contributed by atoms with E-state index < -0.39 is 10.8 Å². The van der Waals surface area contributed by atoms with Gasteiger partial charge in [0.15, 0.2) is 0 Å². The largest absolute Gasteiger partial charge is 0.508 e. The highest BCUT2D eigenvalue weighted by atomic mass is 32.2. The molecule has 0 fully saturated rings. The van der Waals surface area contributed by atoms with Crippen molar-refractivity contribution >= 4 is 10.8 Å². The maximum absolute atomic E-state index is 11.6. The Kier molecular flexibility index (Phi) is 4.14. The number of phenols is 1. The molecule has 0 saturated carbocycles. The molecule has 4 heteroatoms. The number of rotatable bonds is 4. The summed E-state index contributed by atoms with van der Waals surface area (Å²) < 4.78 is 11.6. The number of aromatic hydroxyl groups is 1. The Morgan fingerprint density at radius 2 is 2.00 bits per heavy atom. The van der Waals surface area contributed by atoms with Gasteiger partial charge in [-0.3, -0.25) is 4.21 Å². The quantitative estimate of drug-likeness (QED) is 0.769. The van der Waals surface area contributed by atoms with Gasteiger partial charge in [-0.05, 0) is 30.7 Å². The summed E-state index contributed by atoms with van der Waals surface area (Å²) in [4.78, 5) is 0.695. The molecule has 0 bridgehead atoms. The molecular formula is C10H11NO2S. The number of nitriles is 1. The summed E-state index contributed by atoms with van der Waals surface area (Å²) in [5.74, 6) is 0.668. The molecule has 1 N–H and O–H groups in total. The molecule has 1 rings (SSSR count). The van der Waals surface area contributed by atoms with Crippen LogP contribution in [0.4, 0.5) is 0 Å².